The van der Waals surface area contributed by atoms with Crippen LogP contribution in [0.5, 0.6) is 0 Å². The van der Waals surface area contributed by atoms with E-state index in [2.05, 4.69) is 5.32 Å². The molecule has 0 aromatic heterocycles. The Kier molecular flexibility index (Phi) is 5.66. The van der Waals surface area contributed by atoms with E-state index in [1.54, 1.807) is 7.11 Å². The van der Waals surface area contributed by atoms with Gasteiger partial charge in [0.15, 0.2) is 0 Å². The Hall–Kier alpha value is -0.610. The van der Waals surface area contributed by atoms with Crippen molar-refractivity contribution in [3.8, 4) is 0 Å². The Morgan fingerprint density at radius 2 is 2.17 bits per heavy atom. The molecule has 0 aliphatic rings. The number of ether oxygens (including phenoxy) is 1. The molecule has 72 valence electrons. The molecule has 0 fully saturated rings. The maximum atomic E-state index is 11.1. The van der Waals surface area contributed by atoms with Crippen molar-refractivity contribution in [2.45, 2.75) is 32.4 Å². The van der Waals surface area contributed by atoms with Gasteiger partial charge < -0.3 is 15.8 Å². The van der Waals surface area contributed by atoms with Crippen LogP contribution in [0, 0.1) is 0 Å². The summed E-state index contributed by atoms with van der Waals surface area (Å²) in [5, 5.41) is 2.77. The van der Waals surface area contributed by atoms with Gasteiger partial charge in [-0.3, -0.25) is 4.79 Å². The van der Waals surface area contributed by atoms with E-state index >= 15 is 0 Å². The third-order valence-electron chi connectivity index (χ3n) is 1.46. The molecule has 0 aliphatic carbocycles. The number of carbonyl (C=O) groups is 1. The maximum Gasteiger partial charge on any atom is 0.222 e. The van der Waals surface area contributed by atoms with Gasteiger partial charge in [-0.05, 0) is 13.8 Å². The Morgan fingerprint density at radius 1 is 1.58 bits per heavy atom. The average Bonchev–Trinajstić information content (AvgIpc) is 1.98. The highest BCUT2D eigenvalue weighted by Crippen LogP contribution is 1.94. The molecule has 0 heterocycles. The summed E-state index contributed by atoms with van der Waals surface area (Å²) in [4.78, 5) is 11.1. The fourth-order valence-corrected chi connectivity index (χ4v) is 0.851. The number of hydrogen-bond donors (Lipinski definition) is 2. The lowest BCUT2D eigenvalue weighted by molar-refractivity contribution is -0.123. The zero-order chi connectivity index (χ0) is 9.56. The molecule has 0 rings (SSSR count). The minimum Gasteiger partial charge on any atom is -0.380 e. The van der Waals surface area contributed by atoms with E-state index in [0.717, 1.165) is 0 Å². The van der Waals surface area contributed by atoms with Gasteiger partial charge in [-0.2, -0.15) is 0 Å². The van der Waals surface area contributed by atoms with E-state index in [1.807, 2.05) is 13.8 Å². The van der Waals surface area contributed by atoms with Crippen LogP contribution in [0.3, 0.4) is 0 Å². The minimum atomic E-state index is -0.163. The number of hydrogen-bond acceptors (Lipinski definition) is 3. The molecule has 1 unspecified atom stereocenters. The van der Waals surface area contributed by atoms with Crippen LogP contribution >= 0.6 is 0 Å². The summed E-state index contributed by atoms with van der Waals surface area (Å²) in [7, 11) is 1.56. The molecule has 3 N–H and O–H groups in total. The first-order valence-electron chi connectivity index (χ1n) is 4.12. The number of nitrogens with two attached hydrogens (primary N) is 1. The number of rotatable bonds is 5. The number of methoxy groups -OCH3 is 1. The summed E-state index contributed by atoms with van der Waals surface area (Å²) >= 11 is 0. The molecule has 1 amide bonds. The largest absolute Gasteiger partial charge is 0.380 e. The Morgan fingerprint density at radius 3 is 2.50 bits per heavy atom. The zero-order valence-electron chi connectivity index (χ0n) is 7.96. The van der Waals surface area contributed by atoms with Crippen molar-refractivity contribution in [2.24, 2.45) is 5.73 Å². The van der Waals surface area contributed by atoms with Gasteiger partial charge in [0.05, 0.1) is 12.5 Å². The van der Waals surface area contributed by atoms with E-state index in [-0.39, 0.29) is 18.1 Å². The Labute approximate surface area is 73.5 Å². The number of nitrogens with one attached hydrogen (secondary N) is 1. The van der Waals surface area contributed by atoms with E-state index < -0.39 is 0 Å². The molecule has 0 saturated heterocycles. The molecule has 12 heavy (non-hydrogen) atoms. The highest BCUT2D eigenvalue weighted by Gasteiger charge is 2.11. The quantitative estimate of drug-likeness (QED) is 0.610. The van der Waals surface area contributed by atoms with Crippen molar-refractivity contribution in [2.75, 3.05) is 13.7 Å². The second-order valence-corrected chi connectivity index (χ2v) is 3.02. The van der Waals surface area contributed by atoms with Crippen molar-refractivity contribution in [1.82, 2.24) is 5.32 Å². The van der Waals surface area contributed by atoms with Crippen molar-refractivity contribution in [1.29, 1.82) is 0 Å². The van der Waals surface area contributed by atoms with Crippen LogP contribution in [0.25, 0.3) is 0 Å². The van der Waals surface area contributed by atoms with E-state index in [9.17, 15) is 4.79 Å². The highest BCUT2D eigenvalue weighted by molar-refractivity contribution is 5.76. The van der Waals surface area contributed by atoms with Crippen molar-refractivity contribution >= 4 is 5.91 Å². The monoisotopic (exact) mass is 174 g/mol. The summed E-state index contributed by atoms with van der Waals surface area (Å²) in [6.07, 6.45) is 0.175. The van der Waals surface area contributed by atoms with Gasteiger partial charge in [0.1, 0.15) is 0 Å². The van der Waals surface area contributed by atoms with Gasteiger partial charge in [-0.25, -0.2) is 0 Å². The second kappa shape index (κ2) is 5.97. The first-order valence-corrected chi connectivity index (χ1v) is 4.12. The number of carbonyl (C=O) groups excluding carboxylic acids is 1. The van der Waals surface area contributed by atoms with Crippen LogP contribution in [-0.4, -0.2) is 31.7 Å². The summed E-state index contributed by atoms with van der Waals surface area (Å²) in [5.74, 6) is -0.0118. The van der Waals surface area contributed by atoms with Gasteiger partial charge >= 0.3 is 0 Å². The lowest BCUT2D eigenvalue weighted by Crippen LogP contribution is -2.35. The van der Waals surface area contributed by atoms with Gasteiger partial charge in [0, 0.05) is 19.7 Å². The molecule has 0 radical (unpaired) electrons. The molecule has 0 spiro atoms. The number of amides is 1. The van der Waals surface area contributed by atoms with Crippen molar-refractivity contribution in [3.63, 3.8) is 0 Å². The summed E-state index contributed by atoms with van der Waals surface area (Å²) in [5.41, 5.74) is 5.36. The van der Waals surface area contributed by atoms with E-state index in [1.165, 1.54) is 0 Å². The van der Waals surface area contributed by atoms with Crippen LogP contribution in [-0.2, 0) is 9.53 Å². The highest BCUT2D eigenvalue weighted by atomic mass is 16.5. The molecule has 0 aromatic carbocycles. The normalized spacial score (nSPS) is 13.1. The Balaban J connectivity index is 3.66. The van der Waals surface area contributed by atoms with Gasteiger partial charge in [0.25, 0.3) is 0 Å². The third-order valence-corrected chi connectivity index (χ3v) is 1.46. The fraction of sp³-hybridized carbons (Fsp3) is 0.875. The molecular formula is C8H18N2O2. The molecular weight excluding hydrogens is 156 g/mol. The van der Waals surface area contributed by atoms with Crippen LogP contribution in [0.4, 0.5) is 0 Å². The van der Waals surface area contributed by atoms with Gasteiger partial charge in [-0.1, -0.05) is 0 Å². The first kappa shape index (κ1) is 11.4. The SMILES string of the molecule is COC(CN)CC(=O)NC(C)C. The lowest BCUT2D eigenvalue weighted by atomic mass is 10.2. The molecule has 1 atom stereocenters. The van der Waals surface area contributed by atoms with Crippen LogP contribution in [0.1, 0.15) is 20.3 Å². The molecule has 4 nitrogen and oxygen atoms in total. The smallest absolute Gasteiger partial charge is 0.222 e. The van der Waals surface area contributed by atoms with Crippen LogP contribution in [0.2, 0.25) is 0 Å². The van der Waals surface area contributed by atoms with Gasteiger partial charge in [-0.15, -0.1) is 0 Å². The average molecular weight is 174 g/mol. The molecule has 0 aliphatic heterocycles. The molecule has 4 heteroatoms. The predicted molar refractivity (Wildman–Crippen MR) is 47.7 cm³/mol. The standard InChI is InChI=1S/C8H18N2O2/c1-6(2)10-8(11)4-7(5-9)12-3/h6-7H,4-5,9H2,1-3H3,(H,10,11). The van der Waals surface area contributed by atoms with Crippen molar-refractivity contribution in [3.05, 3.63) is 0 Å². The minimum absolute atomic E-state index is 0.0118. The third kappa shape index (κ3) is 5.09. The predicted octanol–water partition coefficient (Wildman–Crippen LogP) is -0.125. The molecule has 0 aromatic rings. The molecule has 0 saturated carbocycles. The summed E-state index contributed by atoms with van der Waals surface area (Å²) in [6, 6.07) is 0.174. The van der Waals surface area contributed by atoms with Crippen molar-refractivity contribution < 1.29 is 9.53 Å². The molecule has 0 bridgehead atoms. The second-order valence-electron chi connectivity index (χ2n) is 3.02. The topological polar surface area (TPSA) is 64.3 Å². The summed E-state index contributed by atoms with van der Waals surface area (Å²) in [6.45, 7) is 4.21. The first-order chi connectivity index (χ1) is 5.60. The summed E-state index contributed by atoms with van der Waals surface area (Å²) < 4.78 is 4.97. The fourth-order valence-electron chi connectivity index (χ4n) is 0.851. The van der Waals surface area contributed by atoms with Gasteiger partial charge in [0.2, 0.25) is 5.91 Å². The van der Waals surface area contributed by atoms with Crippen LogP contribution < -0.4 is 11.1 Å². The van der Waals surface area contributed by atoms with Crippen LogP contribution in [0.15, 0.2) is 0 Å². The zero-order valence-corrected chi connectivity index (χ0v) is 7.96. The Bertz CT molecular complexity index is 133. The van der Waals surface area contributed by atoms with E-state index in [4.69, 9.17) is 10.5 Å². The lowest BCUT2D eigenvalue weighted by Gasteiger charge is -2.13. The maximum absolute atomic E-state index is 11.1. The van der Waals surface area contributed by atoms with E-state index in [0.29, 0.717) is 13.0 Å².